The summed E-state index contributed by atoms with van der Waals surface area (Å²) < 4.78 is 43.7. The second-order valence-corrected chi connectivity index (χ2v) is 8.28. The van der Waals surface area contributed by atoms with E-state index in [-0.39, 0.29) is 17.6 Å². The largest absolute Gasteiger partial charge is 0.490 e. The number of halogens is 3. The first kappa shape index (κ1) is 23.7. The van der Waals surface area contributed by atoms with Crippen LogP contribution in [0.2, 0.25) is 0 Å². The summed E-state index contributed by atoms with van der Waals surface area (Å²) in [7, 11) is 0. The Morgan fingerprint density at radius 3 is 2.66 bits per heavy atom. The van der Waals surface area contributed by atoms with Crippen LogP contribution in [0.5, 0.6) is 5.75 Å². The zero-order chi connectivity index (χ0) is 23.2. The van der Waals surface area contributed by atoms with Gasteiger partial charge in [0.05, 0.1) is 25.9 Å². The number of nitrogens with zero attached hydrogens (tertiary/aromatic N) is 2. The SMILES string of the molecule is O=C(/C=C/c1cccs1)N1CC2(CC(Oc3cccnc3)CCO2)C1.O=C(O)C(F)(F)F. The van der Waals surface area contributed by atoms with Crippen LogP contribution < -0.4 is 4.74 Å². The van der Waals surface area contributed by atoms with Crippen LogP contribution in [-0.2, 0) is 14.3 Å². The molecule has 172 valence electrons. The smallest absolute Gasteiger partial charge is 0.489 e. The molecule has 1 unspecified atom stereocenters. The Kier molecular flexibility index (Phi) is 7.52. The van der Waals surface area contributed by atoms with Gasteiger partial charge in [-0.2, -0.15) is 13.2 Å². The van der Waals surface area contributed by atoms with Crippen LogP contribution in [0, 0.1) is 0 Å². The van der Waals surface area contributed by atoms with E-state index in [1.165, 1.54) is 0 Å². The Morgan fingerprint density at radius 1 is 1.31 bits per heavy atom. The Hall–Kier alpha value is -2.92. The van der Waals surface area contributed by atoms with Gasteiger partial charge in [0.1, 0.15) is 17.5 Å². The lowest BCUT2D eigenvalue weighted by Crippen LogP contribution is -2.67. The third kappa shape index (κ3) is 6.54. The second-order valence-electron chi connectivity index (χ2n) is 7.30. The number of aromatic nitrogens is 1. The third-order valence-corrected chi connectivity index (χ3v) is 5.67. The van der Waals surface area contributed by atoms with Gasteiger partial charge in [-0.15, -0.1) is 11.3 Å². The van der Waals surface area contributed by atoms with Gasteiger partial charge >= 0.3 is 12.1 Å². The number of carbonyl (C=O) groups is 2. The van der Waals surface area contributed by atoms with E-state index in [0.717, 1.165) is 23.5 Å². The van der Waals surface area contributed by atoms with E-state index in [9.17, 15) is 18.0 Å². The van der Waals surface area contributed by atoms with Gasteiger partial charge < -0.3 is 19.5 Å². The zero-order valence-electron chi connectivity index (χ0n) is 16.8. The second kappa shape index (κ2) is 10.1. The number of ether oxygens (including phenoxy) is 2. The number of amides is 1. The van der Waals surface area contributed by atoms with Crippen LogP contribution in [-0.4, -0.2) is 64.4 Å². The molecule has 1 N–H and O–H groups in total. The molecule has 2 saturated heterocycles. The minimum absolute atomic E-state index is 0.0397. The molecule has 11 heteroatoms. The molecule has 0 radical (unpaired) electrons. The fraction of sp³-hybridized carbons (Fsp3) is 0.381. The molecule has 0 aliphatic carbocycles. The number of alkyl halides is 3. The summed E-state index contributed by atoms with van der Waals surface area (Å²) in [6, 6.07) is 7.76. The molecule has 2 aromatic heterocycles. The van der Waals surface area contributed by atoms with Crippen molar-refractivity contribution < 1.29 is 37.3 Å². The molecule has 0 saturated carbocycles. The molecular weight excluding hydrogens is 449 g/mol. The van der Waals surface area contributed by atoms with Crippen molar-refractivity contribution >= 4 is 29.3 Å². The van der Waals surface area contributed by atoms with Crippen LogP contribution in [0.15, 0.2) is 48.1 Å². The third-order valence-electron chi connectivity index (χ3n) is 4.83. The predicted molar refractivity (Wildman–Crippen MR) is 110 cm³/mol. The molecule has 4 heterocycles. The molecule has 1 spiro atoms. The average molecular weight is 470 g/mol. The molecule has 32 heavy (non-hydrogen) atoms. The molecule has 4 rings (SSSR count). The monoisotopic (exact) mass is 470 g/mol. The van der Waals surface area contributed by atoms with E-state index in [1.54, 1.807) is 29.8 Å². The zero-order valence-corrected chi connectivity index (χ0v) is 17.6. The van der Waals surface area contributed by atoms with E-state index in [1.807, 2.05) is 40.6 Å². The number of hydrogen-bond acceptors (Lipinski definition) is 6. The quantitative estimate of drug-likeness (QED) is 0.687. The summed E-state index contributed by atoms with van der Waals surface area (Å²) in [6.07, 6.45) is 3.67. The van der Waals surface area contributed by atoms with Crippen molar-refractivity contribution in [3.8, 4) is 5.75 Å². The number of carboxylic acid groups (broad SMARTS) is 1. The molecule has 2 aromatic rings. The summed E-state index contributed by atoms with van der Waals surface area (Å²) >= 11 is 1.62. The standard InChI is InChI=1S/C19H20N2O3S.C2HF3O2/c22-18(6-5-17-4-2-10-25-17)21-13-19(14-21)11-15(7-9-23-19)24-16-3-1-8-20-12-16;3-2(4,5)1(6)7/h1-6,8,10,12,15H,7,9,11,13-14H2;(H,6,7)/b6-5+;. The normalized spacial score (nSPS) is 19.7. The highest BCUT2D eigenvalue weighted by molar-refractivity contribution is 7.10. The minimum atomic E-state index is -5.08. The lowest BCUT2D eigenvalue weighted by molar-refractivity contribution is -0.192. The summed E-state index contributed by atoms with van der Waals surface area (Å²) in [4.78, 5) is 28.2. The van der Waals surface area contributed by atoms with E-state index in [2.05, 4.69) is 4.98 Å². The number of likely N-dealkylation sites (tertiary alicyclic amines) is 1. The Labute approximate surface area is 186 Å². The van der Waals surface area contributed by atoms with Crippen molar-refractivity contribution in [1.82, 2.24) is 9.88 Å². The van der Waals surface area contributed by atoms with Gasteiger partial charge in [-0.3, -0.25) is 9.78 Å². The van der Waals surface area contributed by atoms with Crippen LogP contribution in [0.4, 0.5) is 13.2 Å². The van der Waals surface area contributed by atoms with Crippen molar-refractivity contribution in [2.45, 2.75) is 30.7 Å². The molecule has 2 aliphatic rings. The van der Waals surface area contributed by atoms with E-state index in [4.69, 9.17) is 19.4 Å². The Balaban J connectivity index is 0.000000360. The topological polar surface area (TPSA) is 89.0 Å². The van der Waals surface area contributed by atoms with Crippen LogP contribution in [0.3, 0.4) is 0 Å². The highest BCUT2D eigenvalue weighted by Gasteiger charge is 2.49. The predicted octanol–water partition coefficient (Wildman–Crippen LogP) is 3.63. The summed E-state index contributed by atoms with van der Waals surface area (Å²) in [5.74, 6) is -1.93. The van der Waals surface area contributed by atoms with Crippen LogP contribution in [0.25, 0.3) is 6.08 Å². The van der Waals surface area contributed by atoms with Crippen molar-refractivity contribution in [3.05, 3.63) is 53.0 Å². The summed E-state index contributed by atoms with van der Waals surface area (Å²) in [6.45, 7) is 1.93. The maximum atomic E-state index is 12.3. The van der Waals surface area contributed by atoms with E-state index in [0.29, 0.717) is 19.7 Å². The lowest BCUT2D eigenvalue weighted by Gasteiger charge is -2.52. The minimum Gasteiger partial charge on any atom is -0.489 e. The first-order valence-electron chi connectivity index (χ1n) is 9.68. The highest BCUT2D eigenvalue weighted by atomic mass is 32.1. The van der Waals surface area contributed by atoms with Gasteiger partial charge in [-0.25, -0.2) is 4.79 Å². The van der Waals surface area contributed by atoms with Crippen LogP contribution in [0.1, 0.15) is 17.7 Å². The van der Waals surface area contributed by atoms with E-state index < -0.39 is 12.1 Å². The van der Waals surface area contributed by atoms with Gasteiger partial charge in [-0.05, 0) is 29.7 Å². The molecule has 0 aromatic carbocycles. The molecule has 2 fully saturated rings. The number of carboxylic acids is 1. The number of aliphatic carboxylic acids is 1. The van der Waals surface area contributed by atoms with Gasteiger partial charge in [0.15, 0.2) is 0 Å². The van der Waals surface area contributed by atoms with Gasteiger partial charge in [0, 0.05) is 30.0 Å². The summed E-state index contributed by atoms with van der Waals surface area (Å²) in [5.41, 5.74) is -0.252. The maximum absolute atomic E-state index is 12.3. The Morgan fingerprint density at radius 2 is 2.06 bits per heavy atom. The van der Waals surface area contributed by atoms with Gasteiger partial charge in [0.2, 0.25) is 5.91 Å². The van der Waals surface area contributed by atoms with Crippen LogP contribution >= 0.6 is 11.3 Å². The average Bonchev–Trinajstić information content (AvgIpc) is 3.24. The first-order valence-corrected chi connectivity index (χ1v) is 10.6. The van der Waals surface area contributed by atoms with Gasteiger partial charge in [-0.1, -0.05) is 6.07 Å². The number of pyridine rings is 1. The fourth-order valence-corrected chi connectivity index (χ4v) is 3.98. The van der Waals surface area contributed by atoms with Crippen molar-refractivity contribution in [1.29, 1.82) is 0 Å². The number of thiophene rings is 1. The van der Waals surface area contributed by atoms with E-state index >= 15 is 0 Å². The van der Waals surface area contributed by atoms with Crippen molar-refractivity contribution in [3.63, 3.8) is 0 Å². The maximum Gasteiger partial charge on any atom is 0.490 e. The highest BCUT2D eigenvalue weighted by Crippen LogP contribution is 2.35. The molecular formula is C21H21F3N2O5S. The molecule has 1 amide bonds. The van der Waals surface area contributed by atoms with Crippen molar-refractivity contribution in [2.75, 3.05) is 19.7 Å². The molecule has 7 nitrogen and oxygen atoms in total. The number of hydrogen-bond donors (Lipinski definition) is 1. The van der Waals surface area contributed by atoms with Gasteiger partial charge in [0.25, 0.3) is 0 Å². The fourth-order valence-electron chi connectivity index (χ4n) is 3.36. The molecule has 2 aliphatic heterocycles. The molecule has 0 bridgehead atoms. The number of rotatable bonds is 4. The number of carbonyl (C=O) groups excluding carboxylic acids is 1. The van der Waals surface area contributed by atoms with Crippen molar-refractivity contribution in [2.24, 2.45) is 0 Å². The summed E-state index contributed by atoms with van der Waals surface area (Å²) in [5, 5.41) is 9.13. The first-order chi connectivity index (χ1) is 15.2. The lowest BCUT2D eigenvalue weighted by atomic mass is 9.84. The molecule has 1 atom stereocenters. The Bertz CT molecular complexity index is 929.